The molecule has 2 rings (SSSR count). The smallest absolute Gasteiger partial charge is 0.307 e. The van der Waals surface area contributed by atoms with Gasteiger partial charge in [-0.15, -0.1) is 0 Å². The molecule has 1 saturated carbocycles. The lowest BCUT2D eigenvalue weighted by Gasteiger charge is -2.17. The minimum Gasteiger partial charge on any atom is -0.492 e. The van der Waals surface area contributed by atoms with Gasteiger partial charge in [0.05, 0.1) is 24.1 Å². The van der Waals surface area contributed by atoms with Crippen LogP contribution in [-0.2, 0) is 9.59 Å². The molecule has 2 N–H and O–H groups in total. The van der Waals surface area contributed by atoms with Crippen LogP contribution in [0, 0.1) is 18.8 Å². The van der Waals surface area contributed by atoms with Gasteiger partial charge in [-0.25, -0.2) is 0 Å². The van der Waals surface area contributed by atoms with Gasteiger partial charge in [0, 0.05) is 0 Å². The fraction of sp³-hybridized carbons (Fsp3) is 0.500. The second-order valence-corrected chi connectivity index (χ2v) is 5.40. The number of hydrogen-bond acceptors (Lipinski definition) is 3. The lowest BCUT2D eigenvalue weighted by Crippen LogP contribution is -2.30. The molecule has 0 radical (unpaired) electrons. The molecule has 5 heteroatoms. The second-order valence-electron chi connectivity index (χ2n) is 5.40. The molecule has 0 bridgehead atoms. The molecule has 1 aromatic rings. The molecular weight excluding hydrogens is 270 g/mol. The third kappa shape index (κ3) is 3.54. The Morgan fingerprint density at radius 2 is 2.05 bits per heavy atom. The largest absolute Gasteiger partial charge is 0.492 e. The van der Waals surface area contributed by atoms with Crippen molar-refractivity contribution in [1.82, 2.24) is 0 Å². The molecule has 114 valence electrons. The number of carboxylic acid groups (broad SMARTS) is 1. The summed E-state index contributed by atoms with van der Waals surface area (Å²) < 4.78 is 5.52. The molecule has 1 fully saturated rings. The third-order valence-corrected chi connectivity index (χ3v) is 3.86. The van der Waals surface area contributed by atoms with Gasteiger partial charge in [-0.3, -0.25) is 9.59 Å². The number of aliphatic carboxylic acids is 1. The van der Waals surface area contributed by atoms with Crippen molar-refractivity contribution >= 4 is 17.6 Å². The maximum Gasteiger partial charge on any atom is 0.307 e. The Balaban J connectivity index is 2.14. The molecule has 0 heterocycles. The van der Waals surface area contributed by atoms with Crippen molar-refractivity contribution in [1.29, 1.82) is 0 Å². The standard InChI is InChI=1S/C16H21NO4/c1-3-21-14-9-10(2)7-8-13(14)17-15(18)11-5-4-6-12(11)16(19)20/h7-9,11-12H,3-6H2,1-2H3,(H,17,18)(H,19,20). The van der Waals surface area contributed by atoms with Gasteiger partial charge in [-0.1, -0.05) is 12.5 Å². The fourth-order valence-corrected chi connectivity index (χ4v) is 2.80. The number of rotatable bonds is 5. The highest BCUT2D eigenvalue weighted by Gasteiger charge is 2.37. The summed E-state index contributed by atoms with van der Waals surface area (Å²) in [6.45, 7) is 4.34. The molecule has 0 saturated heterocycles. The minimum absolute atomic E-state index is 0.232. The van der Waals surface area contributed by atoms with Gasteiger partial charge in [0.15, 0.2) is 0 Å². The summed E-state index contributed by atoms with van der Waals surface area (Å²) in [4.78, 5) is 23.5. The SMILES string of the molecule is CCOc1cc(C)ccc1NC(=O)C1CCCC1C(=O)O. The van der Waals surface area contributed by atoms with Crippen molar-refractivity contribution < 1.29 is 19.4 Å². The number of hydrogen-bond donors (Lipinski definition) is 2. The molecule has 2 atom stereocenters. The molecule has 0 aromatic heterocycles. The molecule has 0 aliphatic heterocycles. The highest BCUT2D eigenvalue weighted by atomic mass is 16.5. The van der Waals surface area contributed by atoms with Gasteiger partial charge < -0.3 is 15.2 Å². The van der Waals surface area contributed by atoms with Gasteiger partial charge >= 0.3 is 5.97 Å². The third-order valence-electron chi connectivity index (χ3n) is 3.86. The van der Waals surface area contributed by atoms with Crippen molar-refractivity contribution in [2.75, 3.05) is 11.9 Å². The van der Waals surface area contributed by atoms with Crippen molar-refractivity contribution in [3.8, 4) is 5.75 Å². The van der Waals surface area contributed by atoms with Crippen LogP contribution in [0.3, 0.4) is 0 Å². The van der Waals surface area contributed by atoms with Crippen LogP contribution in [0.4, 0.5) is 5.69 Å². The quantitative estimate of drug-likeness (QED) is 0.874. The highest BCUT2D eigenvalue weighted by molar-refractivity contribution is 5.96. The van der Waals surface area contributed by atoms with Crippen LogP contribution in [0.25, 0.3) is 0 Å². The first-order chi connectivity index (χ1) is 10.0. The van der Waals surface area contributed by atoms with E-state index in [1.807, 2.05) is 26.0 Å². The maximum atomic E-state index is 12.3. The van der Waals surface area contributed by atoms with E-state index >= 15 is 0 Å². The molecule has 1 aromatic carbocycles. The average Bonchev–Trinajstić information content (AvgIpc) is 2.91. The van der Waals surface area contributed by atoms with E-state index in [4.69, 9.17) is 9.84 Å². The van der Waals surface area contributed by atoms with E-state index in [1.165, 1.54) is 0 Å². The Morgan fingerprint density at radius 3 is 2.71 bits per heavy atom. The van der Waals surface area contributed by atoms with Gasteiger partial charge in [0.1, 0.15) is 5.75 Å². The lowest BCUT2D eigenvalue weighted by atomic mass is 9.95. The maximum absolute atomic E-state index is 12.3. The Morgan fingerprint density at radius 1 is 1.33 bits per heavy atom. The van der Waals surface area contributed by atoms with E-state index in [-0.39, 0.29) is 5.91 Å². The van der Waals surface area contributed by atoms with Crippen molar-refractivity contribution in [2.24, 2.45) is 11.8 Å². The first-order valence-corrected chi connectivity index (χ1v) is 7.30. The van der Waals surface area contributed by atoms with Crippen LogP contribution in [0.15, 0.2) is 18.2 Å². The van der Waals surface area contributed by atoms with Crippen LogP contribution in [-0.4, -0.2) is 23.6 Å². The van der Waals surface area contributed by atoms with E-state index in [2.05, 4.69) is 5.32 Å². The average molecular weight is 291 g/mol. The zero-order valence-electron chi connectivity index (χ0n) is 12.4. The number of anilines is 1. The predicted molar refractivity (Wildman–Crippen MR) is 79.4 cm³/mol. The lowest BCUT2D eigenvalue weighted by molar-refractivity contribution is -0.145. The molecule has 1 aliphatic carbocycles. The van der Waals surface area contributed by atoms with E-state index in [0.717, 1.165) is 12.0 Å². The fourth-order valence-electron chi connectivity index (χ4n) is 2.80. The number of carboxylic acids is 1. The van der Waals surface area contributed by atoms with Crippen LogP contribution in [0.2, 0.25) is 0 Å². The Hall–Kier alpha value is -2.04. The normalized spacial score (nSPS) is 21.0. The summed E-state index contributed by atoms with van der Waals surface area (Å²) in [7, 11) is 0. The first kappa shape index (κ1) is 15.4. The topological polar surface area (TPSA) is 75.6 Å². The zero-order chi connectivity index (χ0) is 15.4. The second kappa shape index (κ2) is 6.61. The number of carbonyl (C=O) groups excluding carboxylic acids is 1. The molecule has 21 heavy (non-hydrogen) atoms. The van der Waals surface area contributed by atoms with Gasteiger partial charge in [-0.05, 0) is 44.4 Å². The van der Waals surface area contributed by atoms with Crippen LogP contribution in [0.5, 0.6) is 5.75 Å². The van der Waals surface area contributed by atoms with E-state index in [9.17, 15) is 9.59 Å². The number of nitrogens with one attached hydrogen (secondary N) is 1. The monoisotopic (exact) mass is 291 g/mol. The summed E-state index contributed by atoms with van der Waals surface area (Å²) in [5, 5.41) is 12.0. The van der Waals surface area contributed by atoms with Gasteiger partial charge in [0.25, 0.3) is 0 Å². The van der Waals surface area contributed by atoms with Crippen LogP contribution >= 0.6 is 0 Å². The van der Waals surface area contributed by atoms with Crippen molar-refractivity contribution in [3.63, 3.8) is 0 Å². The molecule has 1 amide bonds. The number of aryl methyl sites for hydroxylation is 1. The summed E-state index contributed by atoms with van der Waals surface area (Å²) in [5.74, 6) is -1.54. The minimum atomic E-state index is -0.887. The van der Waals surface area contributed by atoms with E-state index < -0.39 is 17.8 Å². The number of ether oxygens (including phenoxy) is 1. The van der Waals surface area contributed by atoms with Crippen LogP contribution in [0.1, 0.15) is 31.7 Å². The zero-order valence-corrected chi connectivity index (χ0v) is 12.4. The number of carbonyl (C=O) groups is 2. The Kier molecular flexibility index (Phi) is 4.83. The van der Waals surface area contributed by atoms with E-state index in [1.54, 1.807) is 6.07 Å². The summed E-state index contributed by atoms with van der Waals surface area (Å²) in [6, 6.07) is 5.55. The number of benzene rings is 1. The molecule has 0 spiro atoms. The highest BCUT2D eigenvalue weighted by Crippen LogP contribution is 2.34. The molecule has 5 nitrogen and oxygen atoms in total. The first-order valence-electron chi connectivity index (χ1n) is 7.30. The van der Waals surface area contributed by atoms with Gasteiger partial charge in [-0.2, -0.15) is 0 Å². The summed E-state index contributed by atoms with van der Waals surface area (Å²) >= 11 is 0. The van der Waals surface area contributed by atoms with Crippen LogP contribution < -0.4 is 10.1 Å². The molecule has 1 aliphatic rings. The van der Waals surface area contributed by atoms with Gasteiger partial charge in [0.2, 0.25) is 5.91 Å². The van der Waals surface area contributed by atoms with Crippen molar-refractivity contribution in [2.45, 2.75) is 33.1 Å². The summed E-state index contributed by atoms with van der Waals surface area (Å²) in [5.41, 5.74) is 1.64. The van der Waals surface area contributed by atoms with Crippen molar-refractivity contribution in [3.05, 3.63) is 23.8 Å². The predicted octanol–water partition coefficient (Wildman–Crippen LogP) is 2.83. The Bertz CT molecular complexity index is 541. The number of amides is 1. The summed E-state index contributed by atoms with van der Waals surface area (Å²) in [6.07, 6.45) is 1.97. The molecule has 2 unspecified atom stereocenters. The molecular formula is C16H21NO4. The Labute approximate surface area is 124 Å². The van der Waals surface area contributed by atoms with E-state index in [0.29, 0.717) is 30.9 Å².